The number of hydrogen-bond acceptors (Lipinski definition) is 3. The molecule has 1 saturated heterocycles. The molecule has 1 aromatic carbocycles. The van der Waals surface area contributed by atoms with Crippen LogP contribution in [-0.2, 0) is 4.79 Å². The van der Waals surface area contributed by atoms with Crippen molar-refractivity contribution in [2.45, 2.75) is 12.5 Å². The largest absolute Gasteiger partial charge is 0.355 e. The van der Waals surface area contributed by atoms with Crippen LogP contribution in [0.15, 0.2) is 18.2 Å². The van der Waals surface area contributed by atoms with Crippen molar-refractivity contribution in [1.29, 1.82) is 0 Å². The van der Waals surface area contributed by atoms with Gasteiger partial charge in [-0.05, 0) is 18.2 Å². The molecule has 2 rings (SSSR count). The van der Waals surface area contributed by atoms with E-state index < -0.39 is 0 Å². The van der Waals surface area contributed by atoms with Crippen LogP contribution in [0.25, 0.3) is 0 Å². The predicted molar refractivity (Wildman–Crippen MR) is 69.8 cm³/mol. The van der Waals surface area contributed by atoms with Crippen molar-refractivity contribution in [2.24, 2.45) is 5.73 Å². The Morgan fingerprint density at radius 2 is 2.28 bits per heavy atom. The minimum atomic E-state index is -0.277. The van der Waals surface area contributed by atoms with E-state index >= 15 is 0 Å². The van der Waals surface area contributed by atoms with Gasteiger partial charge in [0.15, 0.2) is 0 Å². The molecule has 0 aliphatic carbocycles. The molecule has 2 amide bonds. The molecule has 1 aliphatic rings. The SMILES string of the molecule is CNC(=O)c1cc(Cl)ccc1N1CC(N)CC1=O. The van der Waals surface area contributed by atoms with E-state index in [0.29, 0.717) is 29.2 Å². The van der Waals surface area contributed by atoms with Gasteiger partial charge in [-0.1, -0.05) is 11.6 Å². The second-order valence-corrected chi connectivity index (χ2v) is 4.65. The van der Waals surface area contributed by atoms with Gasteiger partial charge < -0.3 is 16.0 Å². The van der Waals surface area contributed by atoms with Gasteiger partial charge >= 0.3 is 0 Å². The first kappa shape index (κ1) is 12.9. The molecular formula is C12H14ClN3O2. The lowest BCUT2D eigenvalue weighted by atomic mass is 10.1. The summed E-state index contributed by atoms with van der Waals surface area (Å²) in [5.41, 5.74) is 6.69. The highest BCUT2D eigenvalue weighted by Gasteiger charge is 2.30. The van der Waals surface area contributed by atoms with Crippen molar-refractivity contribution >= 4 is 29.1 Å². The number of carbonyl (C=O) groups is 2. The Bertz CT molecular complexity index is 504. The fraction of sp³-hybridized carbons (Fsp3) is 0.333. The topological polar surface area (TPSA) is 75.4 Å². The number of amides is 2. The zero-order valence-corrected chi connectivity index (χ0v) is 10.7. The van der Waals surface area contributed by atoms with E-state index in [1.807, 2.05) is 0 Å². The molecule has 0 spiro atoms. The number of carbonyl (C=O) groups excluding carboxylic acids is 2. The van der Waals surface area contributed by atoms with E-state index in [0.717, 1.165) is 0 Å². The summed E-state index contributed by atoms with van der Waals surface area (Å²) in [5, 5.41) is 2.98. The Labute approximate surface area is 110 Å². The van der Waals surface area contributed by atoms with E-state index in [4.69, 9.17) is 17.3 Å². The van der Waals surface area contributed by atoms with Gasteiger partial charge in [-0.15, -0.1) is 0 Å². The van der Waals surface area contributed by atoms with Crippen molar-refractivity contribution in [3.8, 4) is 0 Å². The number of nitrogens with two attached hydrogens (primary N) is 1. The number of hydrogen-bond donors (Lipinski definition) is 2. The number of nitrogens with one attached hydrogen (secondary N) is 1. The summed E-state index contributed by atoms with van der Waals surface area (Å²) < 4.78 is 0. The lowest BCUT2D eigenvalue weighted by Crippen LogP contribution is -2.30. The monoisotopic (exact) mass is 267 g/mol. The normalized spacial score (nSPS) is 19.2. The lowest BCUT2D eigenvalue weighted by molar-refractivity contribution is -0.117. The van der Waals surface area contributed by atoms with Crippen LogP contribution >= 0.6 is 11.6 Å². The summed E-state index contributed by atoms with van der Waals surface area (Å²) in [5.74, 6) is -0.351. The Kier molecular flexibility index (Phi) is 3.54. The molecule has 0 saturated carbocycles. The summed E-state index contributed by atoms with van der Waals surface area (Å²) >= 11 is 5.88. The number of halogens is 1. The van der Waals surface area contributed by atoms with Crippen LogP contribution in [0.3, 0.4) is 0 Å². The van der Waals surface area contributed by atoms with E-state index in [1.165, 1.54) is 11.9 Å². The Morgan fingerprint density at radius 3 is 2.83 bits per heavy atom. The van der Waals surface area contributed by atoms with Gasteiger partial charge in [0.05, 0.1) is 11.3 Å². The third-order valence-electron chi connectivity index (χ3n) is 2.88. The molecule has 18 heavy (non-hydrogen) atoms. The number of benzene rings is 1. The number of nitrogens with zero attached hydrogens (tertiary/aromatic N) is 1. The number of rotatable bonds is 2. The highest BCUT2D eigenvalue weighted by molar-refractivity contribution is 6.31. The smallest absolute Gasteiger partial charge is 0.253 e. The molecule has 3 N–H and O–H groups in total. The Morgan fingerprint density at radius 1 is 1.56 bits per heavy atom. The lowest BCUT2D eigenvalue weighted by Gasteiger charge is -2.19. The fourth-order valence-electron chi connectivity index (χ4n) is 2.03. The van der Waals surface area contributed by atoms with Crippen LogP contribution in [0.5, 0.6) is 0 Å². The summed E-state index contributed by atoms with van der Waals surface area (Å²) in [4.78, 5) is 25.1. The minimum absolute atomic E-state index is 0.0741. The summed E-state index contributed by atoms with van der Waals surface area (Å²) in [6.07, 6.45) is 0.301. The van der Waals surface area contributed by atoms with Crippen LogP contribution in [0.4, 0.5) is 5.69 Å². The van der Waals surface area contributed by atoms with Crippen molar-refractivity contribution in [3.63, 3.8) is 0 Å². The van der Waals surface area contributed by atoms with Gasteiger partial charge in [0.1, 0.15) is 0 Å². The van der Waals surface area contributed by atoms with Crippen LogP contribution < -0.4 is 16.0 Å². The molecule has 1 aromatic rings. The Balaban J connectivity index is 2.44. The van der Waals surface area contributed by atoms with Gasteiger partial charge in [0.2, 0.25) is 5.91 Å². The molecule has 96 valence electrons. The van der Waals surface area contributed by atoms with Crippen molar-refractivity contribution in [2.75, 3.05) is 18.5 Å². The maximum absolute atomic E-state index is 11.8. The fourth-order valence-corrected chi connectivity index (χ4v) is 2.20. The van der Waals surface area contributed by atoms with Gasteiger partial charge in [-0.3, -0.25) is 9.59 Å². The molecule has 5 nitrogen and oxygen atoms in total. The first-order chi connectivity index (χ1) is 8.52. The highest BCUT2D eigenvalue weighted by atomic mass is 35.5. The first-order valence-electron chi connectivity index (χ1n) is 5.60. The van der Waals surface area contributed by atoms with Gasteiger partial charge in [-0.2, -0.15) is 0 Å². The van der Waals surface area contributed by atoms with Crippen LogP contribution in [0.1, 0.15) is 16.8 Å². The van der Waals surface area contributed by atoms with Gasteiger partial charge in [-0.25, -0.2) is 0 Å². The summed E-state index contributed by atoms with van der Waals surface area (Å²) in [6.45, 7) is 0.421. The average molecular weight is 268 g/mol. The van der Waals surface area contributed by atoms with Crippen LogP contribution in [-0.4, -0.2) is 31.4 Å². The van der Waals surface area contributed by atoms with Crippen molar-refractivity contribution < 1.29 is 9.59 Å². The zero-order chi connectivity index (χ0) is 13.3. The molecule has 1 heterocycles. The Hall–Kier alpha value is -1.59. The van der Waals surface area contributed by atoms with Crippen molar-refractivity contribution in [1.82, 2.24) is 5.32 Å². The molecule has 6 heteroatoms. The van der Waals surface area contributed by atoms with E-state index in [-0.39, 0.29) is 17.9 Å². The molecule has 1 fully saturated rings. The molecule has 0 bridgehead atoms. The third-order valence-corrected chi connectivity index (χ3v) is 3.11. The average Bonchev–Trinajstić information content (AvgIpc) is 2.67. The van der Waals surface area contributed by atoms with Gasteiger partial charge in [0.25, 0.3) is 5.91 Å². The first-order valence-corrected chi connectivity index (χ1v) is 5.98. The number of anilines is 1. The summed E-state index contributed by atoms with van der Waals surface area (Å²) in [6, 6.07) is 4.68. The standard InChI is InChI=1S/C12H14ClN3O2/c1-15-12(18)9-4-7(13)2-3-10(9)16-6-8(14)5-11(16)17/h2-4,8H,5-6,14H2,1H3,(H,15,18). The highest BCUT2D eigenvalue weighted by Crippen LogP contribution is 2.27. The third kappa shape index (κ3) is 2.32. The van der Waals surface area contributed by atoms with Crippen molar-refractivity contribution in [3.05, 3.63) is 28.8 Å². The van der Waals surface area contributed by atoms with E-state index in [1.54, 1.807) is 18.2 Å². The van der Waals surface area contributed by atoms with Crippen LogP contribution in [0.2, 0.25) is 5.02 Å². The molecular weight excluding hydrogens is 254 g/mol. The van der Waals surface area contributed by atoms with E-state index in [9.17, 15) is 9.59 Å². The molecule has 1 unspecified atom stereocenters. The maximum atomic E-state index is 11.8. The molecule has 0 aromatic heterocycles. The maximum Gasteiger partial charge on any atom is 0.253 e. The molecule has 1 aliphatic heterocycles. The second-order valence-electron chi connectivity index (χ2n) is 4.21. The van der Waals surface area contributed by atoms with Gasteiger partial charge in [0, 0.05) is 31.1 Å². The summed E-state index contributed by atoms with van der Waals surface area (Å²) in [7, 11) is 1.53. The molecule has 1 atom stereocenters. The minimum Gasteiger partial charge on any atom is -0.355 e. The van der Waals surface area contributed by atoms with E-state index in [2.05, 4.69) is 5.32 Å². The predicted octanol–water partition coefficient (Wildman–Crippen LogP) is 0.764. The second kappa shape index (κ2) is 4.96. The quantitative estimate of drug-likeness (QED) is 0.831. The zero-order valence-electron chi connectivity index (χ0n) is 9.94. The van der Waals surface area contributed by atoms with Crippen LogP contribution in [0, 0.1) is 0 Å². The molecule has 0 radical (unpaired) electrons.